The standard InChI is InChI=1S/C11H15F3N4OS2/c12-11(13,14)5-15-9(19)8-1-3-17(4-2-8)7-18-10(20)21-6-16-18/h6,8H,1-5,7H2,(H,15,19). The van der Waals surface area contributed by atoms with Crippen LogP contribution in [-0.2, 0) is 11.5 Å². The summed E-state index contributed by atoms with van der Waals surface area (Å²) in [6.45, 7) is 0.575. The second-order valence-corrected chi connectivity index (χ2v) is 6.35. The number of alkyl halides is 3. The molecular formula is C11H15F3N4OS2. The predicted molar refractivity (Wildman–Crippen MR) is 74.3 cm³/mol. The van der Waals surface area contributed by atoms with Gasteiger partial charge in [0.1, 0.15) is 12.1 Å². The lowest BCUT2D eigenvalue weighted by atomic mass is 9.96. The maximum absolute atomic E-state index is 12.1. The van der Waals surface area contributed by atoms with Gasteiger partial charge in [0.15, 0.2) is 3.95 Å². The molecule has 0 radical (unpaired) electrons. The van der Waals surface area contributed by atoms with E-state index in [1.165, 1.54) is 11.3 Å². The van der Waals surface area contributed by atoms with E-state index < -0.39 is 18.6 Å². The summed E-state index contributed by atoms with van der Waals surface area (Å²) in [6.07, 6.45) is -3.28. The molecule has 10 heteroatoms. The van der Waals surface area contributed by atoms with Crippen LogP contribution in [0.15, 0.2) is 5.51 Å². The fourth-order valence-electron chi connectivity index (χ4n) is 2.19. The average Bonchev–Trinajstić information content (AvgIpc) is 2.82. The van der Waals surface area contributed by atoms with Crippen LogP contribution >= 0.6 is 23.6 Å². The predicted octanol–water partition coefficient (Wildman–Crippen LogP) is 2.02. The number of likely N-dealkylation sites (tertiary alicyclic amines) is 1. The molecule has 0 unspecified atom stereocenters. The summed E-state index contributed by atoms with van der Waals surface area (Å²) in [7, 11) is 0. The highest BCUT2D eigenvalue weighted by Crippen LogP contribution is 2.19. The Hall–Kier alpha value is -1.00. The Morgan fingerprint density at radius 2 is 2.14 bits per heavy atom. The number of rotatable bonds is 4. The van der Waals surface area contributed by atoms with E-state index in [9.17, 15) is 18.0 Å². The molecule has 1 aromatic rings. The first-order valence-corrected chi connectivity index (χ1v) is 7.71. The van der Waals surface area contributed by atoms with Crippen molar-refractivity contribution in [2.45, 2.75) is 25.7 Å². The second-order valence-electron chi connectivity index (χ2n) is 4.87. The Morgan fingerprint density at radius 1 is 1.48 bits per heavy atom. The molecule has 1 amide bonds. The van der Waals surface area contributed by atoms with E-state index in [0.29, 0.717) is 36.6 Å². The van der Waals surface area contributed by atoms with Gasteiger partial charge in [0, 0.05) is 19.0 Å². The summed E-state index contributed by atoms with van der Waals surface area (Å²) < 4.78 is 38.5. The van der Waals surface area contributed by atoms with Gasteiger partial charge in [0.2, 0.25) is 5.91 Å². The third-order valence-corrected chi connectivity index (χ3v) is 4.42. The molecule has 1 aromatic heterocycles. The number of amides is 1. The highest BCUT2D eigenvalue weighted by Gasteiger charge is 2.31. The third-order valence-electron chi connectivity index (χ3n) is 3.31. The van der Waals surface area contributed by atoms with Crippen LogP contribution in [0.1, 0.15) is 12.8 Å². The average molecular weight is 340 g/mol. The summed E-state index contributed by atoms with van der Waals surface area (Å²) in [5.41, 5.74) is 1.67. The number of hydrogen-bond acceptors (Lipinski definition) is 5. The van der Waals surface area contributed by atoms with Gasteiger partial charge in [0.25, 0.3) is 0 Å². The maximum atomic E-state index is 12.1. The quantitative estimate of drug-likeness (QED) is 0.852. The van der Waals surface area contributed by atoms with Gasteiger partial charge in [-0.15, -0.1) is 0 Å². The summed E-state index contributed by atoms with van der Waals surface area (Å²) >= 11 is 6.49. The van der Waals surface area contributed by atoms with Gasteiger partial charge in [0.05, 0.1) is 6.67 Å². The fraction of sp³-hybridized carbons (Fsp3) is 0.727. The topological polar surface area (TPSA) is 50.2 Å². The summed E-state index contributed by atoms with van der Waals surface area (Å²) in [5.74, 6) is -0.871. The minimum atomic E-state index is -4.36. The van der Waals surface area contributed by atoms with Gasteiger partial charge in [-0.05, 0) is 25.1 Å². The van der Waals surface area contributed by atoms with Gasteiger partial charge in [-0.1, -0.05) is 11.3 Å². The van der Waals surface area contributed by atoms with Crippen molar-refractivity contribution in [3.8, 4) is 0 Å². The molecule has 1 N–H and O–H groups in total. The zero-order valence-electron chi connectivity index (χ0n) is 11.1. The minimum absolute atomic E-state index is 0.355. The zero-order valence-corrected chi connectivity index (χ0v) is 12.7. The minimum Gasteiger partial charge on any atom is -0.347 e. The number of carbonyl (C=O) groups is 1. The number of hydrogen-bond donors (Lipinski definition) is 1. The number of aromatic nitrogens is 2. The molecule has 0 aliphatic carbocycles. The molecule has 5 nitrogen and oxygen atoms in total. The summed E-state index contributed by atoms with van der Waals surface area (Å²) in [4.78, 5) is 13.7. The molecule has 1 fully saturated rings. The molecule has 118 valence electrons. The van der Waals surface area contributed by atoms with E-state index >= 15 is 0 Å². The lowest BCUT2D eigenvalue weighted by Gasteiger charge is -2.30. The Labute approximate surface area is 128 Å². The molecule has 0 bridgehead atoms. The molecule has 1 saturated heterocycles. The van der Waals surface area contributed by atoms with Crippen LogP contribution < -0.4 is 5.32 Å². The Bertz CT molecular complexity index is 534. The number of halogens is 3. The van der Waals surface area contributed by atoms with Crippen molar-refractivity contribution < 1.29 is 18.0 Å². The molecule has 2 rings (SSSR count). The summed E-state index contributed by atoms with van der Waals surface area (Å²) in [5, 5.41) is 6.05. The third kappa shape index (κ3) is 5.04. The van der Waals surface area contributed by atoms with Gasteiger partial charge >= 0.3 is 6.18 Å². The number of piperidine rings is 1. The number of nitrogens with one attached hydrogen (secondary N) is 1. The van der Waals surface area contributed by atoms with Crippen LogP contribution in [-0.4, -0.2) is 46.4 Å². The number of nitrogens with zero attached hydrogens (tertiary/aromatic N) is 3. The smallest absolute Gasteiger partial charge is 0.347 e. The van der Waals surface area contributed by atoms with Crippen molar-refractivity contribution >= 4 is 29.5 Å². The summed E-state index contributed by atoms with van der Waals surface area (Å²) in [6, 6.07) is 0. The molecule has 0 saturated carbocycles. The molecule has 1 aliphatic rings. The lowest BCUT2D eigenvalue weighted by molar-refractivity contribution is -0.141. The van der Waals surface area contributed by atoms with Crippen LogP contribution in [0.4, 0.5) is 13.2 Å². The van der Waals surface area contributed by atoms with Crippen molar-refractivity contribution in [1.29, 1.82) is 0 Å². The van der Waals surface area contributed by atoms with Crippen LogP contribution in [0.3, 0.4) is 0 Å². The molecule has 2 heterocycles. The van der Waals surface area contributed by atoms with E-state index in [1.54, 1.807) is 10.2 Å². The van der Waals surface area contributed by atoms with E-state index in [2.05, 4.69) is 10.00 Å². The normalized spacial score (nSPS) is 17.9. The van der Waals surface area contributed by atoms with Crippen LogP contribution in [0.5, 0.6) is 0 Å². The van der Waals surface area contributed by atoms with Gasteiger partial charge in [-0.3, -0.25) is 9.69 Å². The van der Waals surface area contributed by atoms with E-state index in [1.807, 2.05) is 5.32 Å². The fourth-order valence-corrected chi connectivity index (χ4v) is 2.90. The van der Waals surface area contributed by atoms with Crippen LogP contribution in [0, 0.1) is 9.87 Å². The van der Waals surface area contributed by atoms with E-state index in [-0.39, 0.29) is 5.92 Å². The molecule has 21 heavy (non-hydrogen) atoms. The first-order chi connectivity index (χ1) is 9.85. The van der Waals surface area contributed by atoms with Gasteiger partial charge in [-0.2, -0.15) is 18.3 Å². The van der Waals surface area contributed by atoms with Crippen molar-refractivity contribution in [1.82, 2.24) is 20.0 Å². The Morgan fingerprint density at radius 3 is 2.67 bits per heavy atom. The Kier molecular flexibility index (Phi) is 5.33. The molecule has 0 spiro atoms. The van der Waals surface area contributed by atoms with Gasteiger partial charge < -0.3 is 5.32 Å². The largest absolute Gasteiger partial charge is 0.405 e. The second kappa shape index (κ2) is 6.84. The lowest BCUT2D eigenvalue weighted by Crippen LogP contribution is -2.43. The monoisotopic (exact) mass is 340 g/mol. The van der Waals surface area contributed by atoms with E-state index in [0.717, 1.165) is 0 Å². The highest BCUT2D eigenvalue weighted by molar-refractivity contribution is 7.73. The number of carbonyl (C=O) groups excluding carboxylic acids is 1. The van der Waals surface area contributed by atoms with Crippen molar-refractivity contribution in [3.63, 3.8) is 0 Å². The van der Waals surface area contributed by atoms with Crippen LogP contribution in [0.25, 0.3) is 0 Å². The molecular weight excluding hydrogens is 325 g/mol. The SMILES string of the molecule is O=C(NCC(F)(F)F)C1CCN(Cn2ncsc2=S)CC1. The molecule has 0 aromatic carbocycles. The van der Waals surface area contributed by atoms with Gasteiger partial charge in [-0.25, -0.2) is 4.68 Å². The van der Waals surface area contributed by atoms with E-state index in [4.69, 9.17) is 12.2 Å². The van der Waals surface area contributed by atoms with Crippen molar-refractivity contribution in [3.05, 3.63) is 9.46 Å². The first-order valence-electron chi connectivity index (χ1n) is 6.42. The Balaban J connectivity index is 1.76. The molecule has 0 atom stereocenters. The molecule has 1 aliphatic heterocycles. The highest BCUT2D eigenvalue weighted by atomic mass is 32.1. The first kappa shape index (κ1) is 16.4. The zero-order chi connectivity index (χ0) is 15.5. The van der Waals surface area contributed by atoms with Crippen molar-refractivity contribution in [2.75, 3.05) is 19.6 Å². The van der Waals surface area contributed by atoms with Crippen LogP contribution in [0.2, 0.25) is 0 Å². The maximum Gasteiger partial charge on any atom is 0.405 e. The van der Waals surface area contributed by atoms with Crippen molar-refractivity contribution in [2.24, 2.45) is 5.92 Å².